The summed E-state index contributed by atoms with van der Waals surface area (Å²) in [5, 5.41) is 0. The number of piperidine rings is 1. The van der Waals surface area contributed by atoms with Crippen LogP contribution in [0.3, 0.4) is 0 Å². The van der Waals surface area contributed by atoms with Crippen molar-refractivity contribution in [2.75, 3.05) is 13.2 Å². The van der Waals surface area contributed by atoms with E-state index in [4.69, 9.17) is 9.47 Å². The highest BCUT2D eigenvalue weighted by atomic mass is 16.6. The van der Waals surface area contributed by atoms with Crippen LogP contribution in [0, 0.1) is 5.41 Å². The number of carbonyl (C=O) groups excluding carboxylic acids is 1. The van der Waals surface area contributed by atoms with Gasteiger partial charge in [-0.15, -0.1) is 0 Å². The van der Waals surface area contributed by atoms with Crippen LogP contribution in [0.5, 0.6) is 0 Å². The summed E-state index contributed by atoms with van der Waals surface area (Å²) in [5.41, 5.74) is -0.268. The highest BCUT2D eigenvalue weighted by molar-refractivity contribution is 5.69. The van der Waals surface area contributed by atoms with Crippen molar-refractivity contribution < 1.29 is 14.3 Å². The molecular weight excluding hydrogens is 230 g/mol. The first kappa shape index (κ1) is 13.7. The van der Waals surface area contributed by atoms with Gasteiger partial charge in [-0.2, -0.15) is 0 Å². The van der Waals surface area contributed by atoms with Crippen LogP contribution in [0.2, 0.25) is 0 Å². The molecule has 2 rings (SSSR count). The quantitative estimate of drug-likeness (QED) is 0.677. The van der Waals surface area contributed by atoms with Crippen LogP contribution in [0.25, 0.3) is 0 Å². The molecule has 0 radical (unpaired) electrons. The maximum atomic E-state index is 12.3. The van der Waals surface area contributed by atoms with E-state index in [0.717, 1.165) is 26.0 Å². The molecule has 0 aromatic rings. The van der Waals surface area contributed by atoms with Crippen molar-refractivity contribution in [2.24, 2.45) is 5.41 Å². The Kier molecular flexibility index (Phi) is 3.34. The third-order valence-corrected chi connectivity index (χ3v) is 3.53. The van der Waals surface area contributed by atoms with Gasteiger partial charge in [-0.25, -0.2) is 4.79 Å². The smallest absolute Gasteiger partial charge is 0.410 e. The second-order valence-electron chi connectivity index (χ2n) is 7.25. The fourth-order valence-corrected chi connectivity index (χ4v) is 2.54. The summed E-state index contributed by atoms with van der Waals surface area (Å²) in [6.07, 6.45) is 2.18. The molecule has 4 nitrogen and oxygen atoms in total. The van der Waals surface area contributed by atoms with Crippen LogP contribution < -0.4 is 0 Å². The van der Waals surface area contributed by atoms with Gasteiger partial charge in [0, 0.05) is 6.54 Å². The molecule has 2 aliphatic heterocycles. The second-order valence-corrected chi connectivity index (χ2v) is 7.25. The topological polar surface area (TPSA) is 42.1 Å². The first-order chi connectivity index (χ1) is 8.18. The van der Waals surface area contributed by atoms with Crippen LogP contribution in [0.4, 0.5) is 4.79 Å². The zero-order valence-corrected chi connectivity index (χ0v) is 12.2. The van der Waals surface area contributed by atoms with Gasteiger partial charge in [-0.1, -0.05) is 13.8 Å². The van der Waals surface area contributed by atoms with Gasteiger partial charge in [-0.05, 0) is 39.0 Å². The van der Waals surface area contributed by atoms with Gasteiger partial charge in [0.1, 0.15) is 11.7 Å². The molecule has 0 aromatic heterocycles. The summed E-state index contributed by atoms with van der Waals surface area (Å²) < 4.78 is 10.9. The number of carbonyl (C=O) groups is 1. The normalized spacial score (nSPS) is 31.1. The van der Waals surface area contributed by atoms with E-state index in [1.165, 1.54) is 0 Å². The molecule has 2 atom stereocenters. The minimum absolute atomic E-state index is 0.169. The van der Waals surface area contributed by atoms with Crippen molar-refractivity contribution in [3.05, 3.63) is 0 Å². The van der Waals surface area contributed by atoms with Crippen LogP contribution >= 0.6 is 0 Å². The lowest BCUT2D eigenvalue weighted by Gasteiger charge is -2.43. The van der Waals surface area contributed by atoms with Crippen molar-refractivity contribution >= 4 is 6.09 Å². The Hall–Kier alpha value is -0.770. The number of hydrogen-bond donors (Lipinski definition) is 0. The van der Waals surface area contributed by atoms with Crippen LogP contribution in [0.15, 0.2) is 0 Å². The predicted molar refractivity (Wildman–Crippen MR) is 69.5 cm³/mol. The van der Waals surface area contributed by atoms with Gasteiger partial charge in [0.05, 0.1) is 12.6 Å². The molecule has 2 heterocycles. The Morgan fingerprint density at radius 3 is 2.50 bits per heavy atom. The molecule has 4 heteroatoms. The minimum atomic E-state index is -0.437. The first-order valence-electron chi connectivity index (χ1n) is 6.79. The second kappa shape index (κ2) is 4.41. The number of rotatable bonds is 1. The Morgan fingerprint density at radius 1 is 1.39 bits per heavy atom. The molecule has 2 saturated heterocycles. The van der Waals surface area contributed by atoms with Crippen LogP contribution in [-0.2, 0) is 9.47 Å². The molecule has 0 aliphatic carbocycles. The fourth-order valence-electron chi connectivity index (χ4n) is 2.54. The summed E-state index contributed by atoms with van der Waals surface area (Å²) >= 11 is 0. The number of likely N-dealkylation sites (tertiary alicyclic amines) is 1. The standard InChI is InChI=1S/C14H25NO3/c1-13(2,3)18-12(16)15-9-14(4,5)7-6-10(15)11-8-17-11/h10-11H,6-9H2,1-5H3. The zero-order chi connectivity index (χ0) is 13.6. The summed E-state index contributed by atoms with van der Waals surface area (Å²) in [7, 11) is 0. The van der Waals surface area contributed by atoms with Gasteiger partial charge in [-0.3, -0.25) is 0 Å². The summed E-state index contributed by atoms with van der Waals surface area (Å²) in [4.78, 5) is 14.2. The molecule has 2 fully saturated rings. The molecule has 0 bridgehead atoms. The number of ether oxygens (including phenoxy) is 2. The number of hydrogen-bond acceptors (Lipinski definition) is 3. The van der Waals surface area contributed by atoms with E-state index in [2.05, 4.69) is 13.8 Å². The molecule has 0 saturated carbocycles. The van der Waals surface area contributed by atoms with E-state index in [1.807, 2.05) is 25.7 Å². The molecule has 1 amide bonds. The van der Waals surface area contributed by atoms with Gasteiger partial charge < -0.3 is 14.4 Å². The van der Waals surface area contributed by atoms with Crippen LogP contribution in [0.1, 0.15) is 47.5 Å². The molecule has 104 valence electrons. The number of nitrogens with zero attached hydrogens (tertiary/aromatic N) is 1. The van der Waals surface area contributed by atoms with Gasteiger partial charge in [0.15, 0.2) is 0 Å². The van der Waals surface area contributed by atoms with Crippen LogP contribution in [-0.4, -0.2) is 41.9 Å². The van der Waals surface area contributed by atoms with Crippen molar-refractivity contribution in [3.63, 3.8) is 0 Å². The van der Waals surface area contributed by atoms with Crippen molar-refractivity contribution in [1.29, 1.82) is 0 Å². The fraction of sp³-hybridized carbons (Fsp3) is 0.929. The van der Waals surface area contributed by atoms with Gasteiger partial charge in [0.2, 0.25) is 0 Å². The Bertz CT molecular complexity index is 328. The molecular formula is C14H25NO3. The monoisotopic (exact) mass is 255 g/mol. The molecule has 0 aromatic carbocycles. The molecule has 2 aliphatic rings. The highest BCUT2D eigenvalue weighted by Crippen LogP contribution is 2.37. The van der Waals surface area contributed by atoms with E-state index in [9.17, 15) is 4.79 Å². The Morgan fingerprint density at radius 2 is 2.00 bits per heavy atom. The zero-order valence-electron chi connectivity index (χ0n) is 12.2. The Labute approximate surface area is 110 Å². The molecule has 0 N–H and O–H groups in total. The third-order valence-electron chi connectivity index (χ3n) is 3.53. The number of epoxide rings is 1. The van der Waals surface area contributed by atoms with E-state index in [1.54, 1.807) is 0 Å². The maximum Gasteiger partial charge on any atom is 0.410 e. The lowest BCUT2D eigenvalue weighted by molar-refractivity contribution is -0.0119. The van der Waals surface area contributed by atoms with Gasteiger partial charge in [0.25, 0.3) is 0 Å². The lowest BCUT2D eigenvalue weighted by atomic mass is 9.81. The van der Waals surface area contributed by atoms with E-state index in [-0.39, 0.29) is 23.7 Å². The maximum absolute atomic E-state index is 12.3. The lowest BCUT2D eigenvalue weighted by Crippen LogP contribution is -2.53. The highest BCUT2D eigenvalue weighted by Gasteiger charge is 2.45. The minimum Gasteiger partial charge on any atom is -0.444 e. The molecule has 0 spiro atoms. The SMILES string of the molecule is CC1(C)CCC(C2CO2)N(C(=O)OC(C)(C)C)C1. The average Bonchev–Trinajstić information content (AvgIpc) is 2.97. The van der Waals surface area contributed by atoms with E-state index < -0.39 is 5.60 Å². The average molecular weight is 255 g/mol. The molecule has 18 heavy (non-hydrogen) atoms. The summed E-state index contributed by atoms with van der Waals surface area (Å²) in [6.45, 7) is 11.7. The van der Waals surface area contributed by atoms with Crippen molar-refractivity contribution in [2.45, 2.75) is 65.2 Å². The number of amides is 1. The van der Waals surface area contributed by atoms with E-state index in [0.29, 0.717) is 0 Å². The summed E-state index contributed by atoms with van der Waals surface area (Å²) in [5.74, 6) is 0. The van der Waals surface area contributed by atoms with Gasteiger partial charge >= 0.3 is 6.09 Å². The predicted octanol–water partition coefficient (Wildman–Crippen LogP) is 2.81. The molecule has 2 unspecified atom stereocenters. The van der Waals surface area contributed by atoms with E-state index >= 15 is 0 Å². The third kappa shape index (κ3) is 3.37. The first-order valence-corrected chi connectivity index (χ1v) is 6.79. The van der Waals surface area contributed by atoms with Crippen molar-refractivity contribution in [3.8, 4) is 0 Å². The van der Waals surface area contributed by atoms with Crippen molar-refractivity contribution in [1.82, 2.24) is 4.90 Å². The Balaban J connectivity index is 2.07. The summed E-state index contributed by atoms with van der Waals surface area (Å²) in [6, 6.07) is 0.202. The largest absolute Gasteiger partial charge is 0.444 e.